The molecule has 0 saturated heterocycles. The zero-order chi connectivity index (χ0) is 13.9. The SMILES string of the molecule is CC(C)c1ccc(C2CCCCC2CNC2CC2)cc1. The molecule has 1 aromatic carbocycles. The Labute approximate surface area is 124 Å². The van der Waals surface area contributed by atoms with Crippen LogP contribution in [0.15, 0.2) is 24.3 Å². The van der Waals surface area contributed by atoms with E-state index in [-0.39, 0.29) is 0 Å². The Morgan fingerprint density at radius 1 is 1.00 bits per heavy atom. The van der Waals surface area contributed by atoms with Gasteiger partial charge in [-0.3, -0.25) is 0 Å². The molecule has 1 nitrogen and oxygen atoms in total. The zero-order valence-electron chi connectivity index (χ0n) is 13.1. The monoisotopic (exact) mass is 271 g/mol. The third-order valence-corrected chi connectivity index (χ3v) is 5.19. The molecule has 2 atom stereocenters. The van der Waals surface area contributed by atoms with E-state index in [0.29, 0.717) is 5.92 Å². The fraction of sp³-hybridized carbons (Fsp3) is 0.684. The fourth-order valence-corrected chi connectivity index (χ4v) is 3.62. The largest absolute Gasteiger partial charge is 0.314 e. The zero-order valence-corrected chi connectivity index (χ0v) is 13.1. The molecule has 0 spiro atoms. The Hall–Kier alpha value is -0.820. The van der Waals surface area contributed by atoms with Crippen molar-refractivity contribution in [3.63, 3.8) is 0 Å². The van der Waals surface area contributed by atoms with Crippen LogP contribution >= 0.6 is 0 Å². The molecule has 2 unspecified atom stereocenters. The molecule has 110 valence electrons. The van der Waals surface area contributed by atoms with Crippen molar-refractivity contribution in [3.8, 4) is 0 Å². The summed E-state index contributed by atoms with van der Waals surface area (Å²) in [4.78, 5) is 0. The maximum atomic E-state index is 3.76. The second kappa shape index (κ2) is 6.30. The molecule has 0 radical (unpaired) electrons. The van der Waals surface area contributed by atoms with Gasteiger partial charge in [0.05, 0.1) is 0 Å². The van der Waals surface area contributed by atoms with Crippen LogP contribution in [0, 0.1) is 5.92 Å². The minimum absolute atomic E-state index is 0.641. The summed E-state index contributed by atoms with van der Waals surface area (Å²) in [5.74, 6) is 2.29. The van der Waals surface area contributed by atoms with E-state index in [9.17, 15) is 0 Å². The number of benzene rings is 1. The molecule has 2 fully saturated rings. The fourth-order valence-electron chi connectivity index (χ4n) is 3.62. The lowest BCUT2D eigenvalue weighted by Crippen LogP contribution is -2.30. The Kier molecular flexibility index (Phi) is 4.45. The predicted molar refractivity (Wildman–Crippen MR) is 86.3 cm³/mol. The molecule has 0 amide bonds. The number of hydrogen-bond acceptors (Lipinski definition) is 1. The highest BCUT2D eigenvalue weighted by Gasteiger charge is 2.28. The first-order chi connectivity index (χ1) is 9.74. The van der Waals surface area contributed by atoms with Crippen LogP contribution in [0.25, 0.3) is 0 Å². The Bertz CT molecular complexity index is 416. The minimum Gasteiger partial charge on any atom is -0.314 e. The van der Waals surface area contributed by atoms with Crippen LogP contribution in [0.5, 0.6) is 0 Å². The number of rotatable bonds is 5. The summed E-state index contributed by atoms with van der Waals surface area (Å²) in [6.07, 6.45) is 8.45. The summed E-state index contributed by atoms with van der Waals surface area (Å²) in [7, 11) is 0. The Morgan fingerprint density at radius 3 is 2.35 bits per heavy atom. The van der Waals surface area contributed by atoms with Crippen molar-refractivity contribution < 1.29 is 0 Å². The van der Waals surface area contributed by atoms with E-state index < -0.39 is 0 Å². The summed E-state index contributed by atoms with van der Waals surface area (Å²) >= 11 is 0. The van der Waals surface area contributed by atoms with Gasteiger partial charge in [-0.1, -0.05) is 51.0 Å². The lowest BCUT2D eigenvalue weighted by atomic mass is 9.75. The van der Waals surface area contributed by atoms with Gasteiger partial charge in [-0.15, -0.1) is 0 Å². The van der Waals surface area contributed by atoms with E-state index in [1.54, 1.807) is 5.56 Å². The first-order valence-corrected chi connectivity index (χ1v) is 8.57. The van der Waals surface area contributed by atoms with Crippen LogP contribution in [-0.2, 0) is 0 Å². The van der Waals surface area contributed by atoms with E-state index in [0.717, 1.165) is 17.9 Å². The average molecular weight is 271 g/mol. The maximum absolute atomic E-state index is 3.76. The third kappa shape index (κ3) is 3.44. The van der Waals surface area contributed by atoms with Crippen LogP contribution in [0.4, 0.5) is 0 Å². The van der Waals surface area contributed by atoms with Gasteiger partial charge in [-0.05, 0) is 61.1 Å². The van der Waals surface area contributed by atoms with Crippen molar-refractivity contribution in [1.29, 1.82) is 0 Å². The molecule has 0 aromatic heterocycles. The van der Waals surface area contributed by atoms with Gasteiger partial charge in [0.15, 0.2) is 0 Å². The molecule has 1 N–H and O–H groups in total. The topological polar surface area (TPSA) is 12.0 Å². The van der Waals surface area contributed by atoms with Crippen LogP contribution < -0.4 is 5.32 Å². The summed E-state index contributed by atoms with van der Waals surface area (Å²) < 4.78 is 0. The molecule has 20 heavy (non-hydrogen) atoms. The molecule has 1 aromatic rings. The van der Waals surface area contributed by atoms with Gasteiger partial charge < -0.3 is 5.32 Å². The predicted octanol–water partition coefficient (Wildman–Crippen LogP) is 4.84. The molecule has 2 saturated carbocycles. The van der Waals surface area contributed by atoms with Crippen molar-refractivity contribution in [1.82, 2.24) is 5.32 Å². The van der Waals surface area contributed by atoms with Gasteiger partial charge in [0, 0.05) is 6.04 Å². The number of hydrogen-bond donors (Lipinski definition) is 1. The molecule has 0 heterocycles. The summed E-state index contributed by atoms with van der Waals surface area (Å²) in [5, 5.41) is 3.76. The van der Waals surface area contributed by atoms with Crippen molar-refractivity contribution >= 4 is 0 Å². The second-order valence-corrected chi connectivity index (χ2v) is 7.15. The highest BCUT2D eigenvalue weighted by Crippen LogP contribution is 2.38. The molecular weight excluding hydrogens is 242 g/mol. The molecule has 0 bridgehead atoms. The van der Waals surface area contributed by atoms with Crippen molar-refractivity contribution in [2.24, 2.45) is 5.92 Å². The van der Waals surface area contributed by atoms with Crippen LogP contribution in [0.3, 0.4) is 0 Å². The van der Waals surface area contributed by atoms with Gasteiger partial charge in [0.1, 0.15) is 0 Å². The van der Waals surface area contributed by atoms with Crippen molar-refractivity contribution in [3.05, 3.63) is 35.4 Å². The highest BCUT2D eigenvalue weighted by atomic mass is 14.9. The molecule has 2 aliphatic rings. The highest BCUT2D eigenvalue weighted by molar-refractivity contribution is 5.28. The first-order valence-electron chi connectivity index (χ1n) is 8.57. The van der Waals surface area contributed by atoms with E-state index in [4.69, 9.17) is 0 Å². The van der Waals surface area contributed by atoms with Crippen molar-refractivity contribution in [2.75, 3.05) is 6.54 Å². The molecule has 0 aliphatic heterocycles. The van der Waals surface area contributed by atoms with Gasteiger partial charge in [0.25, 0.3) is 0 Å². The smallest absolute Gasteiger partial charge is 0.00683 e. The van der Waals surface area contributed by atoms with Gasteiger partial charge in [-0.25, -0.2) is 0 Å². The quantitative estimate of drug-likeness (QED) is 0.808. The summed E-state index contributed by atoms with van der Waals surface area (Å²) in [6, 6.07) is 10.3. The van der Waals surface area contributed by atoms with E-state index in [1.807, 2.05) is 0 Å². The average Bonchev–Trinajstić information content (AvgIpc) is 3.30. The van der Waals surface area contributed by atoms with E-state index >= 15 is 0 Å². The Balaban J connectivity index is 1.67. The molecular formula is C19H29N. The molecule has 2 aliphatic carbocycles. The van der Waals surface area contributed by atoms with Gasteiger partial charge in [-0.2, -0.15) is 0 Å². The normalized spacial score (nSPS) is 26.9. The second-order valence-electron chi connectivity index (χ2n) is 7.15. The lowest BCUT2D eigenvalue weighted by molar-refractivity contribution is 0.295. The van der Waals surface area contributed by atoms with E-state index in [1.165, 1.54) is 50.6 Å². The van der Waals surface area contributed by atoms with Crippen LogP contribution in [0.1, 0.15) is 75.3 Å². The number of nitrogens with one attached hydrogen (secondary N) is 1. The van der Waals surface area contributed by atoms with Crippen molar-refractivity contribution in [2.45, 2.75) is 70.3 Å². The van der Waals surface area contributed by atoms with Gasteiger partial charge in [0.2, 0.25) is 0 Å². The Morgan fingerprint density at radius 2 is 1.70 bits per heavy atom. The maximum Gasteiger partial charge on any atom is 0.00683 e. The van der Waals surface area contributed by atoms with Crippen LogP contribution in [0.2, 0.25) is 0 Å². The molecule has 1 heteroatoms. The third-order valence-electron chi connectivity index (χ3n) is 5.19. The summed E-state index contributed by atoms with van der Waals surface area (Å²) in [5.41, 5.74) is 3.05. The van der Waals surface area contributed by atoms with E-state index in [2.05, 4.69) is 43.4 Å². The standard InChI is InChI=1S/C19H29N/c1-14(2)15-7-9-16(10-8-15)19-6-4-3-5-17(19)13-20-18-11-12-18/h7-10,14,17-20H,3-6,11-13H2,1-2H3. The molecule has 3 rings (SSSR count). The van der Waals surface area contributed by atoms with Crippen LogP contribution in [-0.4, -0.2) is 12.6 Å². The minimum atomic E-state index is 0.641. The lowest BCUT2D eigenvalue weighted by Gasteiger charge is -2.32. The first kappa shape index (κ1) is 14.1. The summed E-state index contributed by atoms with van der Waals surface area (Å²) in [6.45, 7) is 5.79. The van der Waals surface area contributed by atoms with Gasteiger partial charge >= 0.3 is 0 Å².